The number of rotatable bonds is 6. The van der Waals surface area contributed by atoms with Crippen LogP contribution in [0.4, 0.5) is 0 Å². The molecule has 0 radical (unpaired) electrons. The highest BCUT2D eigenvalue weighted by Gasteiger charge is 2.31. The van der Waals surface area contributed by atoms with E-state index in [0.29, 0.717) is 12.1 Å². The first-order valence-corrected chi connectivity index (χ1v) is 10.3. The molecule has 0 N–H and O–H groups in total. The number of fused-ring (bicyclic) bond motifs is 1. The summed E-state index contributed by atoms with van der Waals surface area (Å²) in [4.78, 5) is 2.61. The molecule has 1 aliphatic carbocycles. The zero-order valence-electron chi connectivity index (χ0n) is 15.7. The number of nitrogens with zero attached hydrogens (tertiary/aromatic N) is 1. The molecular weight excluding hydrogens is 322 g/mol. The average molecular weight is 354 g/mol. The molecule has 1 saturated heterocycles. The predicted octanol–water partition coefficient (Wildman–Crippen LogP) is 4.43. The molecule has 0 spiro atoms. The molecule has 2 aromatic carbocycles. The largest absolute Gasteiger partial charge is 0.379 e. The van der Waals surface area contributed by atoms with Crippen LogP contribution in [0.5, 0.6) is 0 Å². The van der Waals surface area contributed by atoms with Crippen LogP contribution in [0.25, 0.3) is 10.8 Å². The molecule has 1 saturated carbocycles. The Morgan fingerprint density at radius 2 is 1.77 bits per heavy atom. The van der Waals surface area contributed by atoms with Gasteiger partial charge in [-0.25, -0.2) is 0 Å². The third-order valence-corrected chi connectivity index (χ3v) is 5.94. The topological polar surface area (TPSA) is 21.7 Å². The third kappa shape index (κ3) is 4.46. The molecule has 0 amide bonds. The lowest BCUT2D eigenvalue weighted by atomic mass is 9.91. The smallest absolute Gasteiger partial charge is 0.0730 e. The van der Waals surface area contributed by atoms with Gasteiger partial charge >= 0.3 is 0 Å². The van der Waals surface area contributed by atoms with Crippen molar-refractivity contribution in [1.29, 1.82) is 0 Å². The summed E-state index contributed by atoms with van der Waals surface area (Å²) in [5.41, 5.74) is 1.42. The Morgan fingerprint density at radius 3 is 2.65 bits per heavy atom. The van der Waals surface area contributed by atoms with Crippen LogP contribution in [-0.4, -0.2) is 50.0 Å². The van der Waals surface area contributed by atoms with Crippen molar-refractivity contribution in [2.24, 2.45) is 0 Å². The first kappa shape index (κ1) is 18.0. The molecule has 2 aromatic rings. The van der Waals surface area contributed by atoms with Crippen LogP contribution in [0.3, 0.4) is 0 Å². The van der Waals surface area contributed by atoms with Crippen molar-refractivity contribution >= 4 is 10.8 Å². The maximum atomic E-state index is 6.38. The summed E-state index contributed by atoms with van der Waals surface area (Å²) in [5.74, 6) is 0. The Bertz CT molecular complexity index is 695. The predicted molar refractivity (Wildman–Crippen MR) is 107 cm³/mol. The molecule has 0 bridgehead atoms. The monoisotopic (exact) mass is 353 g/mol. The molecule has 3 heteroatoms. The number of hydrogen-bond acceptors (Lipinski definition) is 3. The average Bonchev–Trinajstić information content (AvgIpc) is 2.72. The lowest BCUT2D eigenvalue weighted by molar-refractivity contribution is -0.0657. The number of benzene rings is 2. The summed E-state index contributed by atoms with van der Waals surface area (Å²) >= 11 is 0. The van der Waals surface area contributed by atoms with Gasteiger partial charge in [0.1, 0.15) is 0 Å². The minimum atomic E-state index is 0.415. The lowest BCUT2D eigenvalue weighted by Crippen LogP contribution is -2.51. The van der Waals surface area contributed by atoms with Gasteiger partial charge in [-0.2, -0.15) is 0 Å². The Hall–Kier alpha value is -1.42. The van der Waals surface area contributed by atoms with Crippen LogP contribution in [-0.2, 0) is 15.9 Å². The second kappa shape index (κ2) is 8.98. The van der Waals surface area contributed by atoms with Gasteiger partial charge < -0.3 is 9.47 Å². The van der Waals surface area contributed by atoms with E-state index in [9.17, 15) is 0 Å². The van der Waals surface area contributed by atoms with E-state index in [-0.39, 0.29) is 0 Å². The van der Waals surface area contributed by atoms with Crippen molar-refractivity contribution in [3.63, 3.8) is 0 Å². The second-order valence-corrected chi connectivity index (χ2v) is 7.69. The standard InChI is InChI=1S/C23H31NO2/c1-2-8-21-18-19(11-12-20(21)7-1)6-5-15-26-23-10-4-3-9-22(23)24-13-16-25-17-14-24/h1-2,7-8,11-12,18,22-23H,3-6,9-10,13-17H2/t22?,23-/m0/s1. The second-order valence-electron chi connectivity index (χ2n) is 7.69. The zero-order chi connectivity index (χ0) is 17.6. The summed E-state index contributed by atoms with van der Waals surface area (Å²) < 4.78 is 11.9. The molecule has 2 atom stereocenters. The highest BCUT2D eigenvalue weighted by molar-refractivity contribution is 5.82. The van der Waals surface area contributed by atoms with Crippen LogP contribution in [0.1, 0.15) is 37.7 Å². The number of ether oxygens (including phenoxy) is 2. The molecular formula is C23H31NO2. The van der Waals surface area contributed by atoms with Crippen molar-refractivity contribution in [2.75, 3.05) is 32.9 Å². The number of morpholine rings is 1. The van der Waals surface area contributed by atoms with Gasteiger partial charge in [0.25, 0.3) is 0 Å². The highest BCUT2D eigenvalue weighted by atomic mass is 16.5. The summed E-state index contributed by atoms with van der Waals surface area (Å²) in [6.07, 6.45) is 7.78. The van der Waals surface area contributed by atoms with Crippen LogP contribution in [0, 0.1) is 0 Å². The van der Waals surface area contributed by atoms with E-state index < -0.39 is 0 Å². The molecule has 140 valence electrons. The molecule has 1 unspecified atom stereocenters. The van der Waals surface area contributed by atoms with Gasteiger partial charge in [0.2, 0.25) is 0 Å². The zero-order valence-corrected chi connectivity index (χ0v) is 15.7. The maximum Gasteiger partial charge on any atom is 0.0730 e. The quantitative estimate of drug-likeness (QED) is 0.717. The molecule has 2 aliphatic rings. The molecule has 4 rings (SSSR count). The van der Waals surface area contributed by atoms with Crippen LogP contribution in [0.15, 0.2) is 42.5 Å². The lowest BCUT2D eigenvalue weighted by Gasteiger charge is -2.41. The molecule has 3 nitrogen and oxygen atoms in total. The first-order chi connectivity index (χ1) is 12.9. The van der Waals surface area contributed by atoms with E-state index in [1.807, 2.05) is 0 Å². The molecule has 2 fully saturated rings. The SMILES string of the molecule is c1ccc2cc(CCCO[C@H]3CCCCC3N3CCOCC3)ccc2c1. The van der Waals surface area contributed by atoms with Gasteiger partial charge in [0.15, 0.2) is 0 Å². The minimum Gasteiger partial charge on any atom is -0.379 e. The van der Waals surface area contributed by atoms with Gasteiger partial charge in [0.05, 0.1) is 19.3 Å². The van der Waals surface area contributed by atoms with E-state index in [1.54, 1.807) is 0 Å². The Balaban J connectivity index is 1.27. The summed E-state index contributed by atoms with van der Waals surface area (Å²) in [5, 5.41) is 2.66. The van der Waals surface area contributed by atoms with E-state index >= 15 is 0 Å². The van der Waals surface area contributed by atoms with Gasteiger partial charge in [-0.3, -0.25) is 4.90 Å². The van der Waals surface area contributed by atoms with Gasteiger partial charge in [-0.15, -0.1) is 0 Å². The normalized spacial score (nSPS) is 24.8. The van der Waals surface area contributed by atoms with Crippen LogP contribution in [0.2, 0.25) is 0 Å². The summed E-state index contributed by atoms with van der Waals surface area (Å²) in [6.45, 7) is 4.78. The van der Waals surface area contributed by atoms with Gasteiger partial charge in [0, 0.05) is 25.7 Å². The Morgan fingerprint density at radius 1 is 0.962 bits per heavy atom. The van der Waals surface area contributed by atoms with E-state index in [2.05, 4.69) is 47.4 Å². The fourth-order valence-electron chi connectivity index (χ4n) is 4.50. The van der Waals surface area contributed by atoms with Crippen LogP contribution < -0.4 is 0 Å². The maximum absolute atomic E-state index is 6.38. The molecule has 0 aromatic heterocycles. The Labute approximate surface area is 157 Å². The molecule has 1 heterocycles. The van der Waals surface area contributed by atoms with Crippen molar-refractivity contribution < 1.29 is 9.47 Å². The minimum absolute atomic E-state index is 0.415. The fraction of sp³-hybridized carbons (Fsp3) is 0.565. The number of aryl methyl sites for hydroxylation is 1. The Kier molecular flexibility index (Phi) is 6.21. The van der Waals surface area contributed by atoms with Crippen molar-refractivity contribution in [3.8, 4) is 0 Å². The van der Waals surface area contributed by atoms with Gasteiger partial charge in [-0.1, -0.05) is 55.3 Å². The summed E-state index contributed by atoms with van der Waals surface area (Å²) in [6, 6.07) is 16.0. The van der Waals surface area contributed by atoms with Crippen molar-refractivity contribution in [1.82, 2.24) is 4.90 Å². The summed E-state index contributed by atoms with van der Waals surface area (Å²) in [7, 11) is 0. The van der Waals surface area contributed by atoms with Crippen LogP contribution >= 0.6 is 0 Å². The fourth-order valence-corrected chi connectivity index (χ4v) is 4.50. The highest BCUT2D eigenvalue weighted by Crippen LogP contribution is 2.26. The van der Waals surface area contributed by atoms with Crippen molar-refractivity contribution in [3.05, 3.63) is 48.0 Å². The van der Waals surface area contributed by atoms with E-state index in [0.717, 1.165) is 45.8 Å². The van der Waals surface area contributed by atoms with Crippen molar-refractivity contribution in [2.45, 2.75) is 50.7 Å². The number of hydrogen-bond donors (Lipinski definition) is 0. The third-order valence-electron chi connectivity index (χ3n) is 5.94. The van der Waals surface area contributed by atoms with Gasteiger partial charge in [-0.05, 0) is 42.0 Å². The molecule has 1 aliphatic heterocycles. The first-order valence-electron chi connectivity index (χ1n) is 10.3. The van der Waals surface area contributed by atoms with E-state index in [4.69, 9.17) is 9.47 Å². The molecule has 26 heavy (non-hydrogen) atoms. The van der Waals surface area contributed by atoms with E-state index in [1.165, 1.54) is 42.0 Å².